The van der Waals surface area contributed by atoms with Gasteiger partial charge in [0.05, 0.1) is 23.3 Å². The monoisotopic (exact) mass is 377 g/mol. The van der Waals surface area contributed by atoms with E-state index >= 15 is 0 Å². The first kappa shape index (κ1) is 18.0. The Kier molecular flexibility index (Phi) is 4.70. The number of hydrogen-bond donors (Lipinski definition) is 3. The van der Waals surface area contributed by atoms with E-state index in [1.165, 1.54) is 0 Å². The first-order valence-corrected chi connectivity index (χ1v) is 9.17. The highest BCUT2D eigenvalue weighted by Gasteiger charge is 2.20. The Morgan fingerprint density at radius 1 is 1.29 bits per heavy atom. The SMILES string of the molecule is Cn1cc(NC(=O)c2nc(-c3cccc(N4CC[C@@H](N)C4)c3)ccc2N)cn1. The van der Waals surface area contributed by atoms with Crippen molar-refractivity contribution in [2.75, 3.05) is 29.0 Å². The number of nitrogens with zero attached hydrogens (tertiary/aromatic N) is 4. The molecule has 1 aliphatic heterocycles. The van der Waals surface area contributed by atoms with Gasteiger partial charge in [0.25, 0.3) is 5.91 Å². The lowest BCUT2D eigenvalue weighted by molar-refractivity contribution is 0.102. The van der Waals surface area contributed by atoms with E-state index in [1.54, 1.807) is 30.2 Å². The molecule has 3 aromatic rings. The van der Waals surface area contributed by atoms with Gasteiger partial charge in [0.1, 0.15) is 0 Å². The summed E-state index contributed by atoms with van der Waals surface area (Å²) in [6.07, 6.45) is 4.27. The quantitative estimate of drug-likeness (QED) is 0.639. The van der Waals surface area contributed by atoms with E-state index < -0.39 is 0 Å². The van der Waals surface area contributed by atoms with Gasteiger partial charge in [-0.15, -0.1) is 0 Å². The van der Waals surface area contributed by atoms with Crippen LogP contribution in [0.15, 0.2) is 48.8 Å². The highest BCUT2D eigenvalue weighted by atomic mass is 16.1. The van der Waals surface area contributed by atoms with E-state index in [1.807, 2.05) is 18.2 Å². The predicted octanol–water partition coefficient (Wildman–Crippen LogP) is 1.85. The third-order valence-electron chi connectivity index (χ3n) is 4.84. The molecule has 0 unspecified atom stereocenters. The summed E-state index contributed by atoms with van der Waals surface area (Å²) < 4.78 is 1.61. The van der Waals surface area contributed by atoms with E-state index in [0.29, 0.717) is 17.1 Å². The lowest BCUT2D eigenvalue weighted by atomic mass is 10.1. The molecule has 1 aliphatic rings. The average molecular weight is 377 g/mol. The summed E-state index contributed by atoms with van der Waals surface area (Å²) >= 11 is 0. The summed E-state index contributed by atoms with van der Waals surface area (Å²) in [5, 5.41) is 6.81. The minimum absolute atomic E-state index is 0.190. The predicted molar refractivity (Wildman–Crippen MR) is 110 cm³/mol. The summed E-state index contributed by atoms with van der Waals surface area (Å²) in [6.45, 7) is 1.79. The molecule has 0 saturated carbocycles. The summed E-state index contributed by atoms with van der Waals surface area (Å²) in [5.41, 5.74) is 15.9. The van der Waals surface area contributed by atoms with Crippen LogP contribution in [0.2, 0.25) is 0 Å². The van der Waals surface area contributed by atoms with Crippen LogP contribution < -0.4 is 21.7 Å². The molecule has 144 valence electrons. The van der Waals surface area contributed by atoms with Gasteiger partial charge in [-0.05, 0) is 30.7 Å². The molecule has 2 aromatic heterocycles. The van der Waals surface area contributed by atoms with Gasteiger partial charge in [-0.25, -0.2) is 4.98 Å². The van der Waals surface area contributed by atoms with Gasteiger partial charge in [0, 0.05) is 43.6 Å². The lowest BCUT2D eigenvalue weighted by Crippen LogP contribution is -2.26. The maximum Gasteiger partial charge on any atom is 0.276 e. The Balaban J connectivity index is 1.61. The molecule has 0 spiro atoms. The zero-order valence-electron chi connectivity index (χ0n) is 15.7. The molecule has 1 amide bonds. The number of carbonyl (C=O) groups is 1. The van der Waals surface area contributed by atoms with Crippen LogP contribution in [-0.2, 0) is 7.05 Å². The lowest BCUT2D eigenvalue weighted by Gasteiger charge is -2.19. The van der Waals surface area contributed by atoms with Crippen LogP contribution in [0.25, 0.3) is 11.3 Å². The Morgan fingerprint density at radius 2 is 2.14 bits per heavy atom. The Labute approximate surface area is 163 Å². The summed E-state index contributed by atoms with van der Waals surface area (Å²) in [4.78, 5) is 19.4. The van der Waals surface area contributed by atoms with Gasteiger partial charge in [-0.1, -0.05) is 12.1 Å². The Bertz CT molecular complexity index is 1010. The molecule has 28 heavy (non-hydrogen) atoms. The van der Waals surface area contributed by atoms with Gasteiger partial charge in [-0.3, -0.25) is 9.48 Å². The first-order chi connectivity index (χ1) is 13.5. The number of amides is 1. The molecule has 5 N–H and O–H groups in total. The summed E-state index contributed by atoms with van der Waals surface area (Å²) in [5.74, 6) is -0.367. The molecule has 8 nitrogen and oxygen atoms in total. The van der Waals surface area contributed by atoms with Gasteiger partial charge in [0.15, 0.2) is 5.69 Å². The minimum Gasteiger partial charge on any atom is -0.397 e. The van der Waals surface area contributed by atoms with Crippen molar-refractivity contribution in [2.24, 2.45) is 12.8 Å². The number of hydrogen-bond acceptors (Lipinski definition) is 6. The number of pyridine rings is 1. The second-order valence-electron chi connectivity index (χ2n) is 7.04. The van der Waals surface area contributed by atoms with Crippen LogP contribution in [0.3, 0.4) is 0 Å². The maximum absolute atomic E-state index is 12.6. The van der Waals surface area contributed by atoms with Crippen molar-refractivity contribution in [2.45, 2.75) is 12.5 Å². The summed E-state index contributed by atoms with van der Waals surface area (Å²) in [6, 6.07) is 11.8. The average Bonchev–Trinajstić information content (AvgIpc) is 3.30. The van der Waals surface area contributed by atoms with Crippen molar-refractivity contribution in [3.63, 3.8) is 0 Å². The molecule has 0 radical (unpaired) electrons. The van der Waals surface area contributed by atoms with E-state index in [0.717, 1.165) is 30.8 Å². The Hall–Kier alpha value is -3.39. The Morgan fingerprint density at radius 3 is 2.86 bits per heavy atom. The minimum atomic E-state index is -0.367. The molecule has 0 aliphatic carbocycles. The number of benzene rings is 1. The normalized spacial score (nSPS) is 16.4. The van der Waals surface area contributed by atoms with Gasteiger partial charge < -0.3 is 21.7 Å². The molecule has 0 bridgehead atoms. The molecule has 1 saturated heterocycles. The van der Waals surface area contributed by atoms with Crippen LogP contribution >= 0.6 is 0 Å². The van der Waals surface area contributed by atoms with Crippen molar-refractivity contribution >= 4 is 23.0 Å². The number of aryl methyl sites for hydroxylation is 1. The second kappa shape index (κ2) is 7.32. The number of anilines is 3. The van der Waals surface area contributed by atoms with Crippen LogP contribution in [0.5, 0.6) is 0 Å². The van der Waals surface area contributed by atoms with E-state index in [2.05, 4.69) is 32.4 Å². The third-order valence-corrected chi connectivity index (χ3v) is 4.84. The fourth-order valence-corrected chi connectivity index (χ4v) is 3.37. The standard InChI is InChI=1S/C20H23N7O/c1-26-12-15(10-23-26)24-20(28)19-17(22)5-6-18(25-19)13-3-2-4-16(9-13)27-8-7-14(21)11-27/h2-6,9-10,12,14H,7-8,11,21-22H2,1H3,(H,24,28)/t14-/m1/s1. The van der Waals surface area contributed by atoms with Gasteiger partial charge in [-0.2, -0.15) is 5.10 Å². The van der Waals surface area contributed by atoms with Crippen LogP contribution in [0.1, 0.15) is 16.9 Å². The van der Waals surface area contributed by atoms with E-state index in [9.17, 15) is 4.79 Å². The first-order valence-electron chi connectivity index (χ1n) is 9.17. The molecular weight excluding hydrogens is 354 g/mol. The van der Waals surface area contributed by atoms with E-state index in [4.69, 9.17) is 11.5 Å². The van der Waals surface area contributed by atoms with E-state index in [-0.39, 0.29) is 17.6 Å². The highest BCUT2D eigenvalue weighted by molar-refractivity contribution is 6.06. The molecular formula is C20H23N7O. The number of nitrogens with one attached hydrogen (secondary N) is 1. The molecule has 1 fully saturated rings. The third kappa shape index (κ3) is 3.67. The van der Waals surface area contributed by atoms with Crippen molar-refractivity contribution in [3.8, 4) is 11.3 Å². The number of carbonyl (C=O) groups excluding carboxylic acids is 1. The smallest absolute Gasteiger partial charge is 0.276 e. The molecule has 1 aromatic carbocycles. The molecule has 3 heterocycles. The van der Waals surface area contributed by atoms with Crippen molar-refractivity contribution in [3.05, 3.63) is 54.5 Å². The fraction of sp³-hybridized carbons (Fsp3) is 0.250. The number of nitrogens with two attached hydrogens (primary N) is 2. The van der Waals surface area contributed by atoms with Crippen molar-refractivity contribution in [1.29, 1.82) is 0 Å². The topological polar surface area (TPSA) is 115 Å². The van der Waals surface area contributed by atoms with Crippen LogP contribution in [0, 0.1) is 0 Å². The van der Waals surface area contributed by atoms with Gasteiger partial charge in [0.2, 0.25) is 0 Å². The molecule has 4 rings (SSSR count). The highest BCUT2D eigenvalue weighted by Crippen LogP contribution is 2.27. The second-order valence-corrected chi connectivity index (χ2v) is 7.04. The summed E-state index contributed by atoms with van der Waals surface area (Å²) in [7, 11) is 1.78. The zero-order valence-corrected chi connectivity index (χ0v) is 15.7. The van der Waals surface area contributed by atoms with Crippen LogP contribution in [-0.4, -0.2) is 39.8 Å². The number of aromatic nitrogens is 3. The molecule has 8 heteroatoms. The number of rotatable bonds is 4. The zero-order chi connectivity index (χ0) is 19.7. The van der Waals surface area contributed by atoms with Crippen LogP contribution in [0.4, 0.5) is 17.1 Å². The maximum atomic E-state index is 12.6. The molecule has 1 atom stereocenters. The van der Waals surface area contributed by atoms with Crippen molar-refractivity contribution < 1.29 is 4.79 Å². The van der Waals surface area contributed by atoms with Crippen molar-refractivity contribution in [1.82, 2.24) is 14.8 Å². The number of nitrogen functional groups attached to an aromatic ring is 1. The largest absolute Gasteiger partial charge is 0.397 e. The van der Waals surface area contributed by atoms with Gasteiger partial charge >= 0.3 is 0 Å². The fourth-order valence-electron chi connectivity index (χ4n) is 3.37.